The first-order chi connectivity index (χ1) is 33.2. The molecule has 1 fully saturated rings. The lowest BCUT2D eigenvalue weighted by Gasteiger charge is -2.53. The standard InChI is InChI=1S/C67H83BN2S/c1-40-32-48-49(65(13,14)27-26-64(48,11)12)38-53(40)70-54-35-43(61(2,3)4)22-25-52(54)68-58-55(33-42(34-56(58)70)41-20-18-17-19-21-41)69(44-23-24-46(62(5,6)7)47(36-44)63(8,9)10)59-45-37-50-51(39-57(45)71-60(59)68)67(16)30-28-66(50,15)29-31-67/h17-25,32,34,36-39,43,46-47,55H,26-31,33,35H2,1-16H3. The van der Waals surface area contributed by atoms with Crippen LogP contribution in [0.2, 0.25) is 0 Å². The molecule has 2 aliphatic heterocycles. The van der Waals surface area contributed by atoms with E-state index in [1.807, 2.05) is 0 Å². The molecule has 3 heterocycles. The van der Waals surface area contributed by atoms with Gasteiger partial charge in [-0.25, -0.2) is 0 Å². The minimum atomic E-state index is 0.0877. The minimum Gasteiger partial charge on any atom is -0.334 e. The molecule has 0 amide bonds. The van der Waals surface area contributed by atoms with Gasteiger partial charge in [0, 0.05) is 37.6 Å². The van der Waals surface area contributed by atoms with Gasteiger partial charge in [-0.1, -0.05) is 165 Å². The Labute approximate surface area is 433 Å². The van der Waals surface area contributed by atoms with E-state index in [0.717, 1.165) is 12.8 Å². The van der Waals surface area contributed by atoms with Crippen LogP contribution in [0, 0.1) is 40.9 Å². The summed E-state index contributed by atoms with van der Waals surface area (Å²) in [7, 11) is 0. The molecule has 4 aromatic rings. The maximum atomic E-state index is 2.95. The van der Waals surface area contributed by atoms with E-state index in [4.69, 9.17) is 0 Å². The Morgan fingerprint density at radius 2 is 1.27 bits per heavy atom. The van der Waals surface area contributed by atoms with Crippen LogP contribution in [0.1, 0.15) is 189 Å². The molecule has 7 aliphatic carbocycles. The van der Waals surface area contributed by atoms with Gasteiger partial charge in [-0.05, 0) is 194 Å². The molecule has 1 aromatic heterocycles. The summed E-state index contributed by atoms with van der Waals surface area (Å²) < 4.78 is 3.04. The molecular formula is C67H83BN2S. The maximum absolute atomic E-state index is 2.95. The topological polar surface area (TPSA) is 6.48 Å². The smallest absolute Gasteiger partial charge is 0.259 e. The van der Waals surface area contributed by atoms with E-state index in [2.05, 4.69) is 223 Å². The van der Waals surface area contributed by atoms with Gasteiger partial charge in [-0.3, -0.25) is 0 Å². The molecule has 3 aromatic carbocycles. The highest BCUT2D eigenvalue weighted by atomic mass is 32.1. The molecule has 370 valence electrons. The van der Waals surface area contributed by atoms with Crippen molar-refractivity contribution in [2.45, 2.75) is 190 Å². The Kier molecular flexibility index (Phi) is 10.3. The highest BCUT2D eigenvalue weighted by Gasteiger charge is 2.54. The van der Waals surface area contributed by atoms with Crippen LogP contribution < -0.4 is 14.6 Å². The van der Waals surface area contributed by atoms with Crippen LogP contribution in [0.15, 0.2) is 119 Å². The van der Waals surface area contributed by atoms with Crippen LogP contribution in [-0.2, 0) is 21.7 Å². The van der Waals surface area contributed by atoms with Gasteiger partial charge in [-0.2, -0.15) is 0 Å². The van der Waals surface area contributed by atoms with E-state index >= 15 is 0 Å². The second kappa shape index (κ2) is 15.4. The monoisotopic (exact) mass is 959 g/mol. The molecule has 9 aliphatic rings. The van der Waals surface area contributed by atoms with Gasteiger partial charge < -0.3 is 9.80 Å². The lowest BCUT2D eigenvalue weighted by atomic mass is 9.32. The van der Waals surface area contributed by atoms with Crippen LogP contribution in [0.3, 0.4) is 0 Å². The molecule has 2 bridgehead atoms. The van der Waals surface area contributed by atoms with Crippen molar-refractivity contribution in [2.75, 3.05) is 9.80 Å². The predicted molar refractivity (Wildman–Crippen MR) is 308 cm³/mol. The average molecular weight is 959 g/mol. The maximum Gasteiger partial charge on any atom is 0.259 e. The molecular weight excluding hydrogens is 876 g/mol. The average Bonchev–Trinajstić information content (AvgIpc) is 3.68. The van der Waals surface area contributed by atoms with Crippen molar-refractivity contribution in [3.8, 4) is 0 Å². The number of thiophene rings is 1. The Hall–Kier alpha value is -4.28. The predicted octanol–water partition coefficient (Wildman–Crippen LogP) is 17.5. The zero-order valence-corrected chi connectivity index (χ0v) is 47.3. The fourth-order valence-electron chi connectivity index (χ4n) is 15.4. The van der Waals surface area contributed by atoms with Crippen molar-refractivity contribution < 1.29 is 0 Å². The third-order valence-corrected chi connectivity index (χ3v) is 21.5. The molecule has 0 radical (unpaired) electrons. The van der Waals surface area contributed by atoms with Crippen molar-refractivity contribution in [1.82, 2.24) is 0 Å². The van der Waals surface area contributed by atoms with E-state index in [9.17, 15) is 0 Å². The molecule has 4 unspecified atom stereocenters. The minimum absolute atomic E-state index is 0.0877. The van der Waals surface area contributed by atoms with E-state index in [1.54, 1.807) is 32.5 Å². The van der Waals surface area contributed by atoms with Gasteiger partial charge in [-0.15, -0.1) is 11.3 Å². The molecule has 0 N–H and O–H groups in total. The van der Waals surface area contributed by atoms with Crippen LogP contribution in [0.4, 0.5) is 11.4 Å². The molecule has 4 heteroatoms. The molecule has 0 saturated heterocycles. The number of anilines is 2. The van der Waals surface area contributed by atoms with Crippen LogP contribution in [-0.4, -0.2) is 12.8 Å². The number of fused-ring (bicyclic) bond motifs is 8. The van der Waals surface area contributed by atoms with Gasteiger partial charge in [0.2, 0.25) is 0 Å². The van der Waals surface area contributed by atoms with Gasteiger partial charge in [0.15, 0.2) is 0 Å². The first-order valence-electron chi connectivity index (χ1n) is 27.9. The van der Waals surface area contributed by atoms with E-state index in [0.29, 0.717) is 17.8 Å². The summed E-state index contributed by atoms with van der Waals surface area (Å²) in [6.45, 7) is 40.0. The van der Waals surface area contributed by atoms with Crippen molar-refractivity contribution in [3.63, 3.8) is 0 Å². The quantitative estimate of drug-likeness (QED) is 0.189. The van der Waals surface area contributed by atoms with Crippen molar-refractivity contribution in [1.29, 1.82) is 0 Å². The van der Waals surface area contributed by atoms with Crippen LogP contribution in [0.25, 0.3) is 15.7 Å². The number of hydrogen-bond acceptors (Lipinski definition) is 3. The molecule has 1 saturated carbocycles. The number of aryl methyl sites for hydroxylation is 1. The molecule has 0 spiro atoms. The van der Waals surface area contributed by atoms with Gasteiger partial charge in [0.25, 0.3) is 6.71 Å². The summed E-state index contributed by atoms with van der Waals surface area (Å²) in [6, 6.07) is 22.4. The third kappa shape index (κ3) is 7.19. The van der Waals surface area contributed by atoms with Gasteiger partial charge in [0.05, 0.1) is 11.7 Å². The number of benzene rings is 3. The zero-order valence-electron chi connectivity index (χ0n) is 46.5. The summed E-state index contributed by atoms with van der Waals surface area (Å²) in [5.74, 6) is 1.24. The lowest BCUT2D eigenvalue weighted by molar-refractivity contribution is 0.140. The second-order valence-corrected chi connectivity index (χ2v) is 30.3. The van der Waals surface area contributed by atoms with E-state index < -0.39 is 0 Å². The molecule has 2 nitrogen and oxygen atoms in total. The summed E-state index contributed by atoms with van der Waals surface area (Å²) in [5.41, 5.74) is 22.0. The van der Waals surface area contributed by atoms with Crippen LogP contribution in [0.5, 0.6) is 0 Å². The van der Waals surface area contributed by atoms with Gasteiger partial charge in [0.1, 0.15) is 0 Å². The van der Waals surface area contributed by atoms with Crippen molar-refractivity contribution in [3.05, 3.63) is 152 Å². The largest absolute Gasteiger partial charge is 0.334 e. The summed E-state index contributed by atoms with van der Waals surface area (Å²) in [4.78, 5) is 5.81. The Morgan fingerprint density at radius 3 is 1.89 bits per heavy atom. The van der Waals surface area contributed by atoms with Gasteiger partial charge >= 0.3 is 0 Å². The molecule has 71 heavy (non-hydrogen) atoms. The van der Waals surface area contributed by atoms with Crippen molar-refractivity contribution >= 4 is 49.9 Å². The third-order valence-electron chi connectivity index (χ3n) is 20.3. The number of nitrogens with zero attached hydrogens (tertiary/aromatic N) is 2. The van der Waals surface area contributed by atoms with E-state index in [1.165, 1.54) is 99.2 Å². The molecule has 4 atom stereocenters. The van der Waals surface area contributed by atoms with Crippen molar-refractivity contribution in [2.24, 2.45) is 34.0 Å². The van der Waals surface area contributed by atoms with Crippen LogP contribution >= 0.6 is 11.3 Å². The Balaban J connectivity index is 1.19. The second-order valence-electron chi connectivity index (χ2n) is 29.2. The zero-order chi connectivity index (χ0) is 50.3. The fourth-order valence-corrected chi connectivity index (χ4v) is 16.8. The summed E-state index contributed by atoms with van der Waals surface area (Å²) in [5, 5.41) is 1.49. The summed E-state index contributed by atoms with van der Waals surface area (Å²) >= 11 is 2.14. The SMILES string of the molecule is Cc1cc2c(cc1N1C3=C4B(C5=C1CC(C(C)(C)C)C=C5)c1sc5cc6c(cc5c1N(C1=CC(C(C)(C)C)C(C(C)(C)C)C=C1)C4CC(c1ccccc1)=C3)C1(C)CCC6(C)CC1)C(C)(C)CCC2(C)C. The normalized spacial score (nSPS) is 29.4. The first kappa shape index (κ1) is 47.7. The fraction of sp³-hybridized carbons (Fsp3) is 0.522. The summed E-state index contributed by atoms with van der Waals surface area (Å²) in [6.07, 6.45) is 25.5. The number of rotatable bonds is 3. The highest BCUT2D eigenvalue weighted by molar-refractivity contribution is 7.32. The highest BCUT2D eigenvalue weighted by Crippen LogP contribution is 2.60. The number of hydrogen-bond donors (Lipinski definition) is 0. The lowest BCUT2D eigenvalue weighted by Crippen LogP contribution is -2.57. The van der Waals surface area contributed by atoms with E-state index in [-0.39, 0.29) is 50.7 Å². The first-order valence-corrected chi connectivity index (χ1v) is 28.7. The Morgan fingerprint density at radius 1 is 0.648 bits per heavy atom. The number of allylic oxidation sites excluding steroid dienone is 8. The Bertz CT molecular complexity index is 3110. The molecule has 13 rings (SSSR count).